The third-order valence-corrected chi connectivity index (χ3v) is 4.50. The summed E-state index contributed by atoms with van der Waals surface area (Å²) >= 11 is 5.91. The first-order valence-electron chi connectivity index (χ1n) is 6.76. The number of halogens is 1. The molecule has 1 aliphatic heterocycles. The van der Waals surface area contributed by atoms with Gasteiger partial charge < -0.3 is 10.0 Å². The predicted octanol–water partition coefficient (Wildman–Crippen LogP) is 2.96. The van der Waals surface area contributed by atoms with Gasteiger partial charge in [0.1, 0.15) is 0 Å². The molecule has 0 radical (unpaired) electrons. The summed E-state index contributed by atoms with van der Waals surface area (Å²) in [5.41, 5.74) is 0.644. The summed E-state index contributed by atoms with van der Waals surface area (Å²) in [4.78, 5) is 14.2. The fourth-order valence-corrected chi connectivity index (χ4v) is 2.80. The smallest absolute Gasteiger partial charge is 0.253 e. The molecule has 19 heavy (non-hydrogen) atoms. The van der Waals surface area contributed by atoms with Crippen LogP contribution < -0.4 is 0 Å². The van der Waals surface area contributed by atoms with E-state index in [0.717, 1.165) is 19.3 Å². The number of piperidine rings is 1. The number of carbonyl (C=O) groups is 1. The largest absolute Gasteiger partial charge is 0.396 e. The van der Waals surface area contributed by atoms with Crippen molar-refractivity contribution in [3.05, 3.63) is 34.9 Å². The normalized spacial score (nSPS) is 18.4. The summed E-state index contributed by atoms with van der Waals surface area (Å²) in [5, 5.41) is 10.1. The first kappa shape index (κ1) is 14.4. The van der Waals surface area contributed by atoms with Gasteiger partial charge >= 0.3 is 0 Å². The Bertz CT molecular complexity index is 447. The lowest BCUT2D eigenvalue weighted by Crippen LogP contribution is -2.44. The van der Waals surface area contributed by atoms with E-state index in [1.54, 1.807) is 24.3 Å². The second kappa shape index (κ2) is 5.93. The molecule has 1 aromatic carbocycles. The van der Waals surface area contributed by atoms with Crippen molar-refractivity contribution in [3.63, 3.8) is 0 Å². The Labute approximate surface area is 119 Å². The Kier molecular flexibility index (Phi) is 4.48. The van der Waals surface area contributed by atoms with Crippen LogP contribution in [0, 0.1) is 5.41 Å². The highest BCUT2D eigenvalue weighted by Crippen LogP contribution is 2.34. The van der Waals surface area contributed by atoms with Crippen LogP contribution in [-0.4, -0.2) is 35.6 Å². The fraction of sp³-hybridized carbons (Fsp3) is 0.533. The number of aliphatic hydroxyl groups excluding tert-OH is 1. The van der Waals surface area contributed by atoms with Crippen molar-refractivity contribution in [1.29, 1.82) is 0 Å². The molecule has 0 aliphatic carbocycles. The second-order valence-corrected chi connectivity index (χ2v) is 5.75. The van der Waals surface area contributed by atoms with Crippen LogP contribution in [0.2, 0.25) is 5.02 Å². The van der Waals surface area contributed by atoms with Gasteiger partial charge in [-0.15, -0.1) is 0 Å². The van der Waals surface area contributed by atoms with Crippen LogP contribution in [0.3, 0.4) is 0 Å². The topological polar surface area (TPSA) is 40.5 Å². The lowest BCUT2D eigenvalue weighted by atomic mass is 9.77. The summed E-state index contributed by atoms with van der Waals surface area (Å²) in [7, 11) is 0. The zero-order valence-corrected chi connectivity index (χ0v) is 12.0. The zero-order valence-electron chi connectivity index (χ0n) is 11.2. The molecule has 1 fully saturated rings. The summed E-state index contributed by atoms with van der Waals surface area (Å²) in [6.07, 6.45) is 2.70. The Morgan fingerprint density at radius 1 is 1.42 bits per heavy atom. The van der Waals surface area contributed by atoms with Gasteiger partial charge in [-0.1, -0.05) is 24.6 Å². The van der Waals surface area contributed by atoms with Crippen LogP contribution in [0.4, 0.5) is 0 Å². The SMILES string of the molecule is CCC1(CO)CCN(C(=O)c2cccc(Cl)c2)CC1. The molecule has 4 heteroatoms. The molecule has 3 nitrogen and oxygen atoms in total. The minimum absolute atomic E-state index is 0.00507. The Morgan fingerprint density at radius 2 is 2.11 bits per heavy atom. The van der Waals surface area contributed by atoms with Crippen LogP contribution >= 0.6 is 11.6 Å². The van der Waals surface area contributed by atoms with Crippen molar-refractivity contribution < 1.29 is 9.90 Å². The standard InChI is InChI=1S/C15H20ClNO2/c1-2-15(11-18)6-8-17(9-7-15)14(19)12-4-3-5-13(16)10-12/h3-5,10,18H,2,6-9,11H2,1H3. The summed E-state index contributed by atoms with van der Waals surface area (Å²) in [5.74, 6) is 0.0325. The monoisotopic (exact) mass is 281 g/mol. The molecule has 0 spiro atoms. The highest BCUT2D eigenvalue weighted by molar-refractivity contribution is 6.30. The molecular weight excluding hydrogens is 262 g/mol. The molecule has 0 atom stereocenters. The van der Waals surface area contributed by atoms with Crippen LogP contribution in [0.5, 0.6) is 0 Å². The summed E-state index contributed by atoms with van der Waals surface area (Å²) < 4.78 is 0. The van der Waals surface area contributed by atoms with E-state index in [0.29, 0.717) is 23.7 Å². The van der Waals surface area contributed by atoms with E-state index >= 15 is 0 Å². The molecule has 2 rings (SSSR count). The lowest BCUT2D eigenvalue weighted by Gasteiger charge is -2.40. The van der Waals surface area contributed by atoms with E-state index in [4.69, 9.17) is 11.6 Å². The number of rotatable bonds is 3. The van der Waals surface area contributed by atoms with Gasteiger partial charge in [0, 0.05) is 30.3 Å². The van der Waals surface area contributed by atoms with Crippen molar-refractivity contribution in [1.82, 2.24) is 4.90 Å². The highest BCUT2D eigenvalue weighted by Gasteiger charge is 2.34. The van der Waals surface area contributed by atoms with E-state index in [-0.39, 0.29) is 17.9 Å². The van der Waals surface area contributed by atoms with E-state index in [9.17, 15) is 9.90 Å². The van der Waals surface area contributed by atoms with E-state index in [2.05, 4.69) is 6.92 Å². The minimum atomic E-state index is 0.00507. The Hall–Kier alpha value is -1.06. The predicted molar refractivity (Wildman–Crippen MR) is 76.4 cm³/mol. The molecule has 0 unspecified atom stereocenters. The quantitative estimate of drug-likeness (QED) is 0.925. The number of hydrogen-bond donors (Lipinski definition) is 1. The van der Waals surface area contributed by atoms with Crippen molar-refractivity contribution in [2.24, 2.45) is 5.41 Å². The molecule has 1 amide bonds. The third-order valence-electron chi connectivity index (χ3n) is 4.27. The van der Waals surface area contributed by atoms with E-state index < -0.39 is 0 Å². The van der Waals surface area contributed by atoms with Gasteiger partial charge in [0.2, 0.25) is 0 Å². The van der Waals surface area contributed by atoms with Gasteiger partial charge in [0.05, 0.1) is 0 Å². The first-order chi connectivity index (χ1) is 9.10. The van der Waals surface area contributed by atoms with Gasteiger partial charge in [0.15, 0.2) is 0 Å². The van der Waals surface area contributed by atoms with Crippen LogP contribution in [0.25, 0.3) is 0 Å². The molecule has 1 aliphatic rings. The van der Waals surface area contributed by atoms with Gasteiger partial charge in [-0.2, -0.15) is 0 Å². The average molecular weight is 282 g/mol. The van der Waals surface area contributed by atoms with Gasteiger partial charge in [-0.25, -0.2) is 0 Å². The molecule has 0 aromatic heterocycles. The number of nitrogens with zero attached hydrogens (tertiary/aromatic N) is 1. The third kappa shape index (κ3) is 3.10. The maximum atomic E-state index is 12.3. The maximum absolute atomic E-state index is 12.3. The lowest BCUT2D eigenvalue weighted by molar-refractivity contribution is 0.0338. The molecule has 1 aromatic rings. The van der Waals surface area contributed by atoms with Crippen LogP contribution in [-0.2, 0) is 0 Å². The van der Waals surface area contributed by atoms with Gasteiger partial charge in [0.25, 0.3) is 5.91 Å². The highest BCUT2D eigenvalue weighted by atomic mass is 35.5. The van der Waals surface area contributed by atoms with Crippen molar-refractivity contribution in [2.45, 2.75) is 26.2 Å². The number of benzene rings is 1. The molecule has 1 saturated heterocycles. The summed E-state index contributed by atoms with van der Waals surface area (Å²) in [6, 6.07) is 7.06. The minimum Gasteiger partial charge on any atom is -0.396 e. The number of aliphatic hydroxyl groups is 1. The van der Waals surface area contributed by atoms with Crippen molar-refractivity contribution in [3.8, 4) is 0 Å². The molecule has 0 saturated carbocycles. The molecular formula is C15H20ClNO2. The Balaban J connectivity index is 2.04. The molecule has 0 bridgehead atoms. The molecule has 1 heterocycles. The number of hydrogen-bond acceptors (Lipinski definition) is 2. The average Bonchev–Trinajstić information content (AvgIpc) is 2.46. The second-order valence-electron chi connectivity index (χ2n) is 5.31. The fourth-order valence-electron chi connectivity index (χ4n) is 2.61. The van der Waals surface area contributed by atoms with Crippen LogP contribution in [0.15, 0.2) is 24.3 Å². The van der Waals surface area contributed by atoms with Gasteiger partial charge in [-0.3, -0.25) is 4.79 Å². The first-order valence-corrected chi connectivity index (χ1v) is 7.14. The van der Waals surface area contributed by atoms with E-state index in [1.165, 1.54) is 0 Å². The maximum Gasteiger partial charge on any atom is 0.253 e. The zero-order chi connectivity index (χ0) is 13.9. The number of likely N-dealkylation sites (tertiary alicyclic amines) is 1. The van der Waals surface area contributed by atoms with Crippen molar-refractivity contribution in [2.75, 3.05) is 19.7 Å². The molecule has 1 N–H and O–H groups in total. The summed E-state index contributed by atoms with van der Waals surface area (Å²) in [6.45, 7) is 3.73. The van der Waals surface area contributed by atoms with Gasteiger partial charge in [-0.05, 0) is 42.9 Å². The van der Waals surface area contributed by atoms with Crippen molar-refractivity contribution >= 4 is 17.5 Å². The van der Waals surface area contributed by atoms with Crippen LogP contribution in [0.1, 0.15) is 36.5 Å². The number of carbonyl (C=O) groups excluding carboxylic acids is 1. The van der Waals surface area contributed by atoms with E-state index in [1.807, 2.05) is 4.90 Å². The Morgan fingerprint density at radius 3 is 2.63 bits per heavy atom. The number of amides is 1. The molecule has 104 valence electrons.